The molecule has 16 heavy (non-hydrogen) atoms. The van der Waals surface area contributed by atoms with Gasteiger partial charge in [0.1, 0.15) is 0 Å². The molecule has 2 aromatic rings. The third kappa shape index (κ3) is 2.15. The maximum atomic E-state index is 6.25. The number of nitrogens with zero attached hydrogens (tertiary/aromatic N) is 4. The molecule has 0 aromatic carbocycles. The Kier molecular flexibility index (Phi) is 3.35. The van der Waals surface area contributed by atoms with Crippen LogP contribution in [0, 0.1) is 0 Å². The number of aryl methyl sites for hydroxylation is 2. The molecule has 0 unspecified atom stereocenters. The number of hydrogen-bond donors (Lipinski definition) is 0. The number of aromatic nitrogens is 4. The van der Waals surface area contributed by atoms with E-state index >= 15 is 0 Å². The van der Waals surface area contributed by atoms with Crippen molar-refractivity contribution in [3.63, 3.8) is 0 Å². The van der Waals surface area contributed by atoms with E-state index in [-0.39, 0.29) is 0 Å². The minimum atomic E-state index is 0.633. The molecule has 0 N–H and O–H groups in total. The van der Waals surface area contributed by atoms with Crippen LogP contribution in [0.1, 0.15) is 18.3 Å². The lowest BCUT2D eigenvalue weighted by atomic mass is 10.3. The minimum absolute atomic E-state index is 0.633. The average Bonchev–Trinajstić information content (AvgIpc) is 2.77. The van der Waals surface area contributed by atoms with E-state index in [1.54, 1.807) is 6.20 Å². The van der Waals surface area contributed by atoms with Gasteiger partial charge < -0.3 is 0 Å². The summed E-state index contributed by atoms with van der Waals surface area (Å²) in [7, 11) is 1.90. The molecule has 0 atom stereocenters. The van der Waals surface area contributed by atoms with Gasteiger partial charge in [0.2, 0.25) is 0 Å². The van der Waals surface area contributed by atoms with Crippen LogP contribution in [0.2, 0.25) is 5.02 Å². The summed E-state index contributed by atoms with van der Waals surface area (Å²) in [4.78, 5) is 0. The first-order chi connectivity index (χ1) is 7.61. The molecule has 2 rings (SSSR count). The smallest absolute Gasteiger partial charge is 0.0869 e. The van der Waals surface area contributed by atoms with Gasteiger partial charge in [-0.1, -0.05) is 18.5 Å². The molecule has 0 fully saturated rings. The summed E-state index contributed by atoms with van der Waals surface area (Å²) in [5.74, 6) is 0. The lowest BCUT2D eigenvalue weighted by Crippen LogP contribution is -2.06. The molecule has 2 aromatic heterocycles. The highest BCUT2D eigenvalue weighted by molar-refractivity contribution is 9.10. The van der Waals surface area contributed by atoms with E-state index in [4.69, 9.17) is 11.6 Å². The Hall–Kier alpha value is -0.810. The fourth-order valence-corrected chi connectivity index (χ4v) is 2.25. The van der Waals surface area contributed by atoms with Gasteiger partial charge in [-0.05, 0) is 22.4 Å². The third-order valence-electron chi connectivity index (χ3n) is 2.42. The highest BCUT2D eigenvalue weighted by Gasteiger charge is 2.13. The van der Waals surface area contributed by atoms with Gasteiger partial charge in [-0.2, -0.15) is 10.2 Å². The highest BCUT2D eigenvalue weighted by atomic mass is 79.9. The molecule has 0 spiro atoms. The van der Waals surface area contributed by atoms with Crippen LogP contribution in [-0.4, -0.2) is 19.6 Å². The first-order valence-electron chi connectivity index (χ1n) is 5.00. The maximum Gasteiger partial charge on any atom is 0.0869 e. The van der Waals surface area contributed by atoms with Gasteiger partial charge in [0.05, 0.1) is 33.6 Å². The quantitative estimate of drug-likeness (QED) is 0.874. The molecule has 4 nitrogen and oxygen atoms in total. The molecule has 0 aliphatic rings. The van der Waals surface area contributed by atoms with E-state index in [9.17, 15) is 0 Å². The Labute approximate surface area is 107 Å². The summed E-state index contributed by atoms with van der Waals surface area (Å²) >= 11 is 9.61. The zero-order valence-electron chi connectivity index (χ0n) is 9.11. The van der Waals surface area contributed by atoms with Crippen molar-refractivity contribution in [1.82, 2.24) is 19.6 Å². The van der Waals surface area contributed by atoms with Gasteiger partial charge >= 0.3 is 0 Å². The summed E-state index contributed by atoms with van der Waals surface area (Å²) in [6, 6.07) is 0. The lowest BCUT2D eigenvalue weighted by Gasteiger charge is -2.02. The van der Waals surface area contributed by atoms with Crippen molar-refractivity contribution in [2.24, 2.45) is 7.05 Å². The first kappa shape index (κ1) is 11.7. The number of rotatable bonds is 3. The van der Waals surface area contributed by atoms with Crippen LogP contribution in [-0.2, 0) is 20.0 Å². The Balaban J connectivity index is 2.30. The standard InChI is InChI=1S/C10H12BrClN4/c1-3-8-10(12)9(15(2)14-8)6-16-5-7(11)4-13-16/h4-5H,3,6H2,1-2H3. The normalized spacial score (nSPS) is 11.0. The summed E-state index contributed by atoms with van der Waals surface area (Å²) in [6.45, 7) is 2.68. The zero-order valence-corrected chi connectivity index (χ0v) is 11.5. The molecular formula is C10H12BrClN4. The van der Waals surface area contributed by atoms with E-state index in [2.05, 4.69) is 26.1 Å². The Bertz CT molecular complexity index is 503. The lowest BCUT2D eigenvalue weighted by molar-refractivity contribution is 0.617. The molecule has 0 saturated heterocycles. The Morgan fingerprint density at radius 1 is 1.50 bits per heavy atom. The second-order valence-corrected chi connectivity index (χ2v) is 4.83. The van der Waals surface area contributed by atoms with E-state index in [1.807, 2.05) is 29.5 Å². The Morgan fingerprint density at radius 3 is 2.75 bits per heavy atom. The second-order valence-electron chi connectivity index (χ2n) is 3.54. The second kappa shape index (κ2) is 4.59. The monoisotopic (exact) mass is 302 g/mol. The van der Waals surface area contributed by atoms with Crippen molar-refractivity contribution in [2.45, 2.75) is 19.9 Å². The third-order valence-corrected chi connectivity index (χ3v) is 3.26. The first-order valence-corrected chi connectivity index (χ1v) is 6.17. The molecule has 86 valence electrons. The molecule has 0 saturated carbocycles. The van der Waals surface area contributed by atoms with Crippen LogP contribution in [0.3, 0.4) is 0 Å². The van der Waals surface area contributed by atoms with Gasteiger partial charge in [-0.3, -0.25) is 9.36 Å². The molecule has 0 aliphatic carbocycles. The van der Waals surface area contributed by atoms with Crippen molar-refractivity contribution in [3.05, 3.63) is 33.3 Å². The zero-order chi connectivity index (χ0) is 11.7. The van der Waals surface area contributed by atoms with Crippen molar-refractivity contribution < 1.29 is 0 Å². The van der Waals surface area contributed by atoms with Gasteiger partial charge in [0.15, 0.2) is 0 Å². The molecule has 0 aliphatic heterocycles. The topological polar surface area (TPSA) is 35.6 Å². The van der Waals surface area contributed by atoms with Crippen LogP contribution in [0.5, 0.6) is 0 Å². The summed E-state index contributed by atoms with van der Waals surface area (Å²) in [5.41, 5.74) is 1.92. The molecule has 0 bridgehead atoms. The van der Waals surface area contributed by atoms with Gasteiger partial charge in [-0.25, -0.2) is 0 Å². The molecule has 2 heterocycles. The van der Waals surface area contributed by atoms with E-state index in [0.29, 0.717) is 6.54 Å². The number of hydrogen-bond acceptors (Lipinski definition) is 2. The van der Waals surface area contributed by atoms with Crippen molar-refractivity contribution in [3.8, 4) is 0 Å². The fourth-order valence-electron chi connectivity index (χ4n) is 1.57. The van der Waals surface area contributed by atoms with E-state index in [0.717, 1.165) is 27.3 Å². The van der Waals surface area contributed by atoms with Gasteiger partial charge in [-0.15, -0.1) is 0 Å². The summed E-state index contributed by atoms with van der Waals surface area (Å²) in [5, 5.41) is 9.31. The van der Waals surface area contributed by atoms with Crippen molar-refractivity contribution in [1.29, 1.82) is 0 Å². The van der Waals surface area contributed by atoms with Crippen LogP contribution < -0.4 is 0 Å². The molecular weight excluding hydrogens is 291 g/mol. The van der Waals surface area contributed by atoms with Crippen LogP contribution >= 0.6 is 27.5 Å². The molecule has 6 heteroatoms. The van der Waals surface area contributed by atoms with Crippen LogP contribution in [0.15, 0.2) is 16.9 Å². The SMILES string of the molecule is CCc1nn(C)c(Cn2cc(Br)cn2)c1Cl. The van der Waals surface area contributed by atoms with Gasteiger partial charge in [0, 0.05) is 13.2 Å². The highest BCUT2D eigenvalue weighted by Crippen LogP contribution is 2.21. The summed E-state index contributed by atoms with van der Waals surface area (Å²) < 4.78 is 4.60. The minimum Gasteiger partial charge on any atom is -0.269 e. The summed E-state index contributed by atoms with van der Waals surface area (Å²) in [6.07, 6.45) is 4.51. The Morgan fingerprint density at radius 2 is 2.25 bits per heavy atom. The van der Waals surface area contributed by atoms with Gasteiger partial charge in [0.25, 0.3) is 0 Å². The van der Waals surface area contributed by atoms with E-state index < -0.39 is 0 Å². The predicted molar refractivity (Wildman–Crippen MR) is 66.6 cm³/mol. The average molecular weight is 304 g/mol. The van der Waals surface area contributed by atoms with E-state index in [1.165, 1.54) is 0 Å². The molecule has 0 radical (unpaired) electrons. The predicted octanol–water partition coefficient (Wildman–Crippen LogP) is 2.64. The van der Waals surface area contributed by atoms with Crippen LogP contribution in [0.4, 0.5) is 0 Å². The van der Waals surface area contributed by atoms with Crippen molar-refractivity contribution in [2.75, 3.05) is 0 Å². The number of halogens is 2. The largest absolute Gasteiger partial charge is 0.269 e. The fraction of sp³-hybridized carbons (Fsp3) is 0.400. The maximum absolute atomic E-state index is 6.25. The molecule has 0 amide bonds. The van der Waals surface area contributed by atoms with Crippen molar-refractivity contribution >= 4 is 27.5 Å². The van der Waals surface area contributed by atoms with Crippen LogP contribution in [0.25, 0.3) is 0 Å².